The molecule has 0 radical (unpaired) electrons. The molecule has 21 heavy (non-hydrogen) atoms. The molecular weight excluding hydrogens is 264 g/mol. The van der Waals surface area contributed by atoms with E-state index in [9.17, 15) is 0 Å². The molecule has 0 heterocycles. The summed E-state index contributed by atoms with van der Waals surface area (Å²) in [6, 6.07) is 3.47. The van der Waals surface area contributed by atoms with Crippen LogP contribution in [-0.4, -0.2) is 0 Å². The Labute approximate surface area is 124 Å². The molecule has 0 amide bonds. The van der Waals surface area contributed by atoms with E-state index in [2.05, 4.69) is 0 Å². The van der Waals surface area contributed by atoms with Crippen molar-refractivity contribution < 1.29 is 4.74 Å². The molecule has 2 rings (SSSR count). The van der Waals surface area contributed by atoms with Gasteiger partial charge < -0.3 is 27.7 Å². The second-order valence-corrected chi connectivity index (χ2v) is 5.36. The maximum Gasteiger partial charge on any atom is 0.132 e. The zero-order valence-corrected chi connectivity index (χ0v) is 12.9. The maximum atomic E-state index is 6.00. The highest BCUT2D eigenvalue weighted by Crippen LogP contribution is 2.38. The third-order valence-corrected chi connectivity index (χ3v) is 4.09. The zero-order chi connectivity index (χ0) is 15.9. The smallest absolute Gasteiger partial charge is 0.132 e. The normalized spacial score (nSPS) is 10.7. The van der Waals surface area contributed by atoms with Crippen molar-refractivity contribution in [1.29, 1.82) is 0 Å². The molecule has 0 bridgehead atoms. The summed E-state index contributed by atoms with van der Waals surface area (Å²) in [5.41, 5.74) is 29.6. The second kappa shape index (κ2) is 5.09. The Morgan fingerprint density at radius 3 is 1.29 bits per heavy atom. The molecule has 5 nitrogen and oxygen atoms in total. The lowest BCUT2D eigenvalue weighted by Crippen LogP contribution is -2.04. The average molecular weight is 286 g/mol. The summed E-state index contributed by atoms with van der Waals surface area (Å²) in [4.78, 5) is 0. The minimum atomic E-state index is 0.505. The Morgan fingerprint density at radius 2 is 0.952 bits per heavy atom. The van der Waals surface area contributed by atoms with Gasteiger partial charge in [-0.25, -0.2) is 0 Å². The molecule has 0 spiro atoms. The Kier molecular flexibility index (Phi) is 3.60. The summed E-state index contributed by atoms with van der Waals surface area (Å²) < 4.78 is 6.00. The van der Waals surface area contributed by atoms with E-state index in [1.165, 1.54) is 0 Å². The highest BCUT2D eigenvalue weighted by Gasteiger charge is 2.14. The second-order valence-electron chi connectivity index (χ2n) is 5.36. The largest absolute Gasteiger partial charge is 0.457 e. The molecular formula is C16H22N4O. The van der Waals surface area contributed by atoms with E-state index in [4.69, 9.17) is 27.7 Å². The third-order valence-electron chi connectivity index (χ3n) is 4.09. The van der Waals surface area contributed by atoms with Crippen molar-refractivity contribution in [2.75, 3.05) is 22.9 Å². The molecule has 0 aliphatic carbocycles. The highest BCUT2D eigenvalue weighted by atomic mass is 16.5. The van der Waals surface area contributed by atoms with Gasteiger partial charge >= 0.3 is 0 Å². The average Bonchev–Trinajstić information content (AvgIpc) is 2.45. The first-order valence-corrected chi connectivity index (χ1v) is 6.72. The topological polar surface area (TPSA) is 113 Å². The van der Waals surface area contributed by atoms with E-state index < -0.39 is 0 Å². The number of nitrogens with two attached hydrogens (primary N) is 4. The minimum Gasteiger partial charge on any atom is -0.457 e. The predicted molar refractivity (Wildman–Crippen MR) is 89.6 cm³/mol. The Hall–Kier alpha value is -2.56. The number of ether oxygens (including phenoxy) is 1. The lowest BCUT2D eigenvalue weighted by Gasteiger charge is -2.18. The van der Waals surface area contributed by atoms with E-state index in [1.54, 1.807) is 12.1 Å². The van der Waals surface area contributed by atoms with Crippen molar-refractivity contribution in [1.82, 2.24) is 0 Å². The van der Waals surface area contributed by atoms with Crippen molar-refractivity contribution in [3.63, 3.8) is 0 Å². The molecule has 0 saturated carbocycles. The van der Waals surface area contributed by atoms with Crippen LogP contribution < -0.4 is 27.7 Å². The molecule has 0 fully saturated rings. The SMILES string of the molecule is Cc1c(Oc2cc(N)c(N)c(C)c2C)cc(N)c(N)c1C. The fourth-order valence-corrected chi connectivity index (χ4v) is 2.19. The van der Waals surface area contributed by atoms with Crippen molar-refractivity contribution in [2.45, 2.75) is 27.7 Å². The fourth-order valence-electron chi connectivity index (χ4n) is 2.19. The van der Waals surface area contributed by atoms with Gasteiger partial charge in [0.15, 0.2) is 0 Å². The highest BCUT2D eigenvalue weighted by molar-refractivity contribution is 5.74. The Bertz CT molecular complexity index is 662. The van der Waals surface area contributed by atoms with Crippen LogP contribution in [0.25, 0.3) is 0 Å². The molecule has 0 aromatic heterocycles. The number of nitrogen functional groups attached to an aromatic ring is 4. The molecule has 0 saturated heterocycles. The number of rotatable bonds is 2. The predicted octanol–water partition coefficient (Wildman–Crippen LogP) is 3.04. The summed E-state index contributed by atoms with van der Waals surface area (Å²) in [5, 5.41) is 0. The van der Waals surface area contributed by atoms with Crippen LogP contribution >= 0.6 is 0 Å². The summed E-state index contributed by atoms with van der Waals surface area (Å²) in [6.07, 6.45) is 0. The van der Waals surface area contributed by atoms with Gasteiger partial charge in [0.25, 0.3) is 0 Å². The van der Waals surface area contributed by atoms with Gasteiger partial charge in [0.2, 0.25) is 0 Å². The van der Waals surface area contributed by atoms with Crippen LogP contribution in [0.5, 0.6) is 11.5 Å². The van der Waals surface area contributed by atoms with Gasteiger partial charge in [-0.1, -0.05) is 0 Å². The summed E-state index contributed by atoms with van der Waals surface area (Å²) in [7, 11) is 0. The quantitative estimate of drug-likeness (QED) is 0.634. The number of hydrogen-bond donors (Lipinski definition) is 4. The molecule has 2 aromatic rings. The third kappa shape index (κ3) is 2.42. The van der Waals surface area contributed by atoms with Crippen LogP contribution in [-0.2, 0) is 0 Å². The van der Waals surface area contributed by atoms with Gasteiger partial charge in [0.05, 0.1) is 22.7 Å². The monoisotopic (exact) mass is 286 g/mol. The van der Waals surface area contributed by atoms with Crippen LogP contribution in [0.1, 0.15) is 22.3 Å². The Balaban J connectivity index is 2.54. The first-order chi connectivity index (χ1) is 9.73. The van der Waals surface area contributed by atoms with Crippen LogP contribution in [0.4, 0.5) is 22.7 Å². The Morgan fingerprint density at radius 1 is 0.619 bits per heavy atom. The first-order valence-electron chi connectivity index (χ1n) is 6.72. The summed E-state index contributed by atoms with van der Waals surface area (Å²) >= 11 is 0. The molecule has 2 aromatic carbocycles. The van der Waals surface area contributed by atoms with Crippen molar-refractivity contribution >= 4 is 22.7 Å². The molecule has 0 atom stereocenters. The number of benzene rings is 2. The first kappa shape index (κ1) is 14.8. The molecule has 112 valence electrons. The standard InChI is InChI=1S/C16H22N4O/c1-7-9(3)15(19)11(17)5-13(7)21-14-6-12(18)16(20)10(4)8(14)2/h5-6H,17-20H2,1-4H3. The number of anilines is 4. The van der Waals surface area contributed by atoms with Crippen molar-refractivity contribution in [2.24, 2.45) is 0 Å². The summed E-state index contributed by atoms with van der Waals surface area (Å²) in [5.74, 6) is 1.34. The summed E-state index contributed by atoms with van der Waals surface area (Å²) in [6.45, 7) is 7.74. The minimum absolute atomic E-state index is 0.505. The molecule has 0 unspecified atom stereocenters. The number of hydrogen-bond acceptors (Lipinski definition) is 5. The van der Waals surface area contributed by atoms with Gasteiger partial charge in [0.1, 0.15) is 11.5 Å². The van der Waals surface area contributed by atoms with Gasteiger partial charge in [-0.3, -0.25) is 0 Å². The van der Waals surface area contributed by atoms with E-state index in [-0.39, 0.29) is 0 Å². The fraction of sp³-hybridized carbons (Fsp3) is 0.250. The molecule has 0 aliphatic rings. The van der Waals surface area contributed by atoms with Gasteiger partial charge in [-0.2, -0.15) is 0 Å². The van der Waals surface area contributed by atoms with Crippen molar-refractivity contribution in [3.05, 3.63) is 34.4 Å². The van der Waals surface area contributed by atoms with E-state index in [0.29, 0.717) is 34.2 Å². The van der Waals surface area contributed by atoms with Gasteiger partial charge in [-0.15, -0.1) is 0 Å². The van der Waals surface area contributed by atoms with Crippen LogP contribution in [0, 0.1) is 27.7 Å². The molecule has 8 N–H and O–H groups in total. The lowest BCUT2D eigenvalue weighted by atomic mass is 10.0. The lowest BCUT2D eigenvalue weighted by molar-refractivity contribution is 0.475. The van der Waals surface area contributed by atoms with Gasteiger partial charge in [0, 0.05) is 12.1 Å². The van der Waals surface area contributed by atoms with E-state index in [0.717, 1.165) is 22.3 Å². The maximum absolute atomic E-state index is 6.00. The molecule has 0 aliphatic heterocycles. The van der Waals surface area contributed by atoms with Crippen LogP contribution in [0.3, 0.4) is 0 Å². The van der Waals surface area contributed by atoms with E-state index in [1.807, 2.05) is 27.7 Å². The van der Waals surface area contributed by atoms with Crippen molar-refractivity contribution in [3.8, 4) is 11.5 Å². The van der Waals surface area contributed by atoms with Gasteiger partial charge in [-0.05, 0) is 49.9 Å². The van der Waals surface area contributed by atoms with Crippen LogP contribution in [0.2, 0.25) is 0 Å². The zero-order valence-electron chi connectivity index (χ0n) is 12.9. The van der Waals surface area contributed by atoms with E-state index >= 15 is 0 Å². The molecule has 5 heteroatoms. The van der Waals surface area contributed by atoms with Crippen LogP contribution in [0.15, 0.2) is 12.1 Å².